The minimum Gasteiger partial charge on any atom is -0.457 e. The second-order valence-electron chi connectivity index (χ2n) is 11.8. The van der Waals surface area contributed by atoms with Gasteiger partial charge in [-0.15, -0.1) is 11.3 Å². The Kier molecular flexibility index (Phi) is 8.86. The molecule has 2 saturated heterocycles. The van der Waals surface area contributed by atoms with Crippen molar-refractivity contribution in [1.29, 1.82) is 0 Å². The summed E-state index contributed by atoms with van der Waals surface area (Å²) in [5, 5.41) is 24.7. The molecule has 2 aliphatic rings. The molecule has 1 unspecified atom stereocenters. The second-order valence-corrected chi connectivity index (χ2v) is 12.8. The van der Waals surface area contributed by atoms with Gasteiger partial charge in [-0.2, -0.15) is 0 Å². The zero-order valence-electron chi connectivity index (χ0n) is 22.9. The van der Waals surface area contributed by atoms with Crippen molar-refractivity contribution < 1.29 is 29.3 Å². The number of rotatable bonds is 2. The number of aryl methyl sites for hydroxylation is 1. The number of carbonyl (C=O) groups is 2. The smallest absolute Gasteiger partial charge is 0.309 e. The summed E-state index contributed by atoms with van der Waals surface area (Å²) in [7, 11) is 0. The van der Waals surface area contributed by atoms with Crippen molar-refractivity contribution in [2.45, 2.75) is 111 Å². The van der Waals surface area contributed by atoms with Gasteiger partial charge in [-0.1, -0.05) is 41.0 Å². The SMILES string of the molecule is C/C(=C\c1csc(C)n1)[C@H]1OC(=O)C[C@H](O)C(C)(C)C(=O)[C@H](C)C(O)[C@@H](C)CCC[C@]2(C)O[C@@H]2[C@@H]1C. The minimum atomic E-state index is -1.24. The van der Waals surface area contributed by atoms with Crippen LogP contribution in [-0.4, -0.2) is 57.0 Å². The Balaban J connectivity index is 1.91. The third kappa shape index (κ3) is 6.26. The number of carbonyl (C=O) groups excluding carboxylic acids is 2. The van der Waals surface area contributed by atoms with Gasteiger partial charge in [0.1, 0.15) is 11.9 Å². The zero-order chi connectivity index (χ0) is 27.0. The molecule has 0 aliphatic carbocycles. The Morgan fingerprint density at radius 3 is 2.47 bits per heavy atom. The van der Waals surface area contributed by atoms with Gasteiger partial charge in [-0.25, -0.2) is 4.98 Å². The summed E-state index contributed by atoms with van der Waals surface area (Å²) in [5.74, 6) is -1.68. The lowest BCUT2D eigenvalue weighted by Crippen LogP contribution is -2.46. The van der Waals surface area contributed by atoms with Crippen LogP contribution in [0.25, 0.3) is 6.08 Å². The van der Waals surface area contributed by atoms with Gasteiger partial charge in [0.05, 0.1) is 46.5 Å². The maximum atomic E-state index is 13.3. The number of epoxide rings is 1. The molecule has 0 bridgehead atoms. The zero-order valence-corrected chi connectivity index (χ0v) is 23.7. The van der Waals surface area contributed by atoms with Gasteiger partial charge >= 0.3 is 5.97 Å². The number of aliphatic hydroxyl groups is 2. The fourth-order valence-corrected chi connectivity index (χ4v) is 6.17. The third-order valence-electron chi connectivity index (χ3n) is 8.29. The van der Waals surface area contributed by atoms with Gasteiger partial charge < -0.3 is 19.7 Å². The quantitative estimate of drug-likeness (QED) is 0.428. The molecule has 2 aliphatic heterocycles. The highest BCUT2D eigenvalue weighted by atomic mass is 32.1. The van der Waals surface area contributed by atoms with Crippen LogP contribution in [0.4, 0.5) is 0 Å². The molecular weight excluding hydrogens is 478 g/mol. The number of aromatic nitrogens is 1. The van der Waals surface area contributed by atoms with Gasteiger partial charge in [0.15, 0.2) is 0 Å². The number of nitrogens with zero attached hydrogens (tertiary/aromatic N) is 1. The van der Waals surface area contributed by atoms with E-state index in [0.717, 1.165) is 35.5 Å². The first-order chi connectivity index (χ1) is 16.7. The number of Topliss-reactive ketones (excluding diaryl/α,β-unsaturated/α-hetero) is 1. The van der Waals surface area contributed by atoms with Crippen molar-refractivity contribution in [3.8, 4) is 0 Å². The monoisotopic (exact) mass is 521 g/mol. The molecular formula is C28H43NO6S. The number of hydrogen-bond donors (Lipinski definition) is 2. The topological polar surface area (TPSA) is 109 Å². The maximum Gasteiger partial charge on any atom is 0.309 e. The Morgan fingerprint density at radius 1 is 1.19 bits per heavy atom. The van der Waals surface area contributed by atoms with Crippen LogP contribution in [0, 0.1) is 30.1 Å². The van der Waals surface area contributed by atoms with Crippen LogP contribution in [0.15, 0.2) is 11.0 Å². The fourth-order valence-electron chi connectivity index (χ4n) is 5.60. The summed E-state index contributed by atoms with van der Waals surface area (Å²) < 4.78 is 12.1. The number of aliphatic hydroxyl groups excluding tert-OH is 2. The number of esters is 1. The second kappa shape index (κ2) is 11.0. The standard InChI is InChI=1S/C28H43NO6S/c1-15-10-9-11-28(8)26(35-28)18(4)24(16(2)12-20-14-36-19(5)29-20)34-22(31)13-21(30)27(6,7)25(33)17(3)23(15)32/h12,14-15,17-18,21,23-24,26,30,32H,9-11,13H2,1-8H3/b16-12+/t15-,17+,18+,21-,23?,24+,26+,28-/m0/s1. The number of fused-ring (bicyclic) bond motifs is 1. The van der Waals surface area contributed by atoms with Crippen LogP contribution in [-0.2, 0) is 19.1 Å². The Bertz CT molecular complexity index is 986. The molecule has 3 rings (SSSR count). The van der Waals surface area contributed by atoms with Crippen LogP contribution in [0.5, 0.6) is 0 Å². The molecule has 0 aromatic carbocycles. The molecule has 1 aromatic rings. The summed E-state index contributed by atoms with van der Waals surface area (Å²) in [4.78, 5) is 30.8. The van der Waals surface area contributed by atoms with Gasteiger partial charge in [-0.05, 0) is 51.2 Å². The third-order valence-corrected chi connectivity index (χ3v) is 9.08. The number of ether oxygens (including phenoxy) is 2. The van der Waals surface area contributed by atoms with Crippen LogP contribution >= 0.6 is 11.3 Å². The molecule has 0 spiro atoms. The van der Waals surface area contributed by atoms with E-state index in [1.807, 2.05) is 39.2 Å². The average Bonchev–Trinajstić information content (AvgIpc) is 3.31. The van der Waals surface area contributed by atoms with E-state index in [1.165, 1.54) is 0 Å². The molecule has 202 valence electrons. The molecule has 0 amide bonds. The Labute approximate surface area is 219 Å². The Hall–Kier alpha value is -1.61. The number of cyclic esters (lactones) is 1. The van der Waals surface area contributed by atoms with Crippen LogP contribution in [0.3, 0.4) is 0 Å². The summed E-state index contributed by atoms with van der Waals surface area (Å²) in [5.41, 5.74) is 0.138. The largest absolute Gasteiger partial charge is 0.457 e. The molecule has 3 heterocycles. The summed E-state index contributed by atoms with van der Waals surface area (Å²) in [6.45, 7) is 14.9. The highest BCUT2D eigenvalue weighted by Gasteiger charge is 2.56. The molecule has 2 N–H and O–H groups in total. The molecule has 0 radical (unpaired) electrons. The van der Waals surface area contributed by atoms with Crippen molar-refractivity contribution in [3.05, 3.63) is 21.7 Å². The molecule has 8 atom stereocenters. The summed E-state index contributed by atoms with van der Waals surface area (Å²) in [6, 6.07) is 0. The Morgan fingerprint density at radius 2 is 1.86 bits per heavy atom. The minimum absolute atomic E-state index is 0.0764. The van der Waals surface area contributed by atoms with E-state index in [4.69, 9.17) is 9.47 Å². The predicted octanol–water partition coefficient (Wildman–Crippen LogP) is 4.72. The lowest BCUT2D eigenvalue weighted by molar-refractivity contribution is -0.156. The van der Waals surface area contributed by atoms with Crippen molar-refractivity contribution >= 4 is 29.2 Å². The lowest BCUT2D eigenvalue weighted by atomic mass is 9.73. The molecule has 1 aromatic heterocycles. The van der Waals surface area contributed by atoms with E-state index >= 15 is 0 Å². The first kappa shape index (κ1) is 29.0. The molecule has 7 nitrogen and oxygen atoms in total. The van der Waals surface area contributed by atoms with Crippen LogP contribution in [0.1, 0.15) is 84.9 Å². The molecule has 0 saturated carbocycles. The first-order valence-corrected chi connectivity index (χ1v) is 13.9. The fraction of sp³-hybridized carbons (Fsp3) is 0.750. The number of hydrogen-bond acceptors (Lipinski definition) is 8. The van der Waals surface area contributed by atoms with E-state index in [9.17, 15) is 19.8 Å². The van der Waals surface area contributed by atoms with E-state index in [0.29, 0.717) is 0 Å². The van der Waals surface area contributed by atoms with Gasteiger partial charge in [-0.3, -0.25) is 9.59 Å². The van der Waals surface area contributed by atoms with Crippen molar-refractivity contribution in [1.82, 2.24) is 4.98 Å². The molecule has 8 heteroatoms. The van der Waals surface area contributed by atoms with Gasteiger partial charge in [0, 0.05) is 17.2 Å². The van der Waals surface area contributed by atoms with E-state index in [-0.39, 0.29) is 35.7 Å². The van der Waals surface area contributed by atoms with Crippen molar-refractivity contribution in [2.75, 3.05) is 0 Å². The van der Waals surface area contributed by atoms with E-state index in [1.54, 1.807) is 32.1 Å². The van der Waals surface area contributed by atoms with Gasteiger partial charge in [0.2, 0.25) is 0 Å². The number of thiazole rings is 1. The van der Waals surface area contributed by atoms with Crippen molar-refractivity contribution in [3.63, 3.8) is 0 Å². The number of ketones is 1. The summed E-state index contributed by atoms with van der Waals surface area (Å²) >= 11 is 1.56. The maximum absolute atomic E-state index is 13.3. The van der Waals surface area contributed by atoms with Gasteiger partial charge in [0.25, 0.3) is 0 Å². The average molecular weight is 522 g/mol. The highest BCUT2D eigenvalue weighted by Crippen LogP contribution is 2.47. The highest BCUT2D eigenvalue weighted by molar-refractivity contribution is 7.09. The normalized spacial score (nSPS) is 38.8. The lowest BCUT2D eigenvalue weighted by Gasteiger charge is -2.35. The summed E-state index contributed by atoms with van der Waals surface area (Å²) in [6.07, 6.45) is 1.37. The molecule has 36 heavy (non-hydrogen) atoms. The van der Waals surface area contributed by atoms with E-state index < -0.39 is 35.6 Å². The van der Waals surface area contributed by atoms with Crippen molar-refractivity contribution in [2.24, 2.45) is 23.2 Å². The van der Waals surface area contributed by atoms with Crippen LogP contribution < -0.4 is 0 Å². The van der Waals surface area contributed by atoms with E-state index in [2.05, 4.69) is 11.9 Å². The first-order valence-electron chi connectivity index (χ1n) is 13.1. The molecule has 2 fully saturated rings. The van der Waals surface area contributed by atoms with Crippen LogP contribution in [0.2, 0.25) is 0 Å². The predicted molar refractivity (Wildman–Crippen MR) is 140 cm³/mol.